The largest absolute Gasteiger partial charge is 0.309 e. The SMILES string of the molecule is CC1(C)CCC(N2CCNC3(CCCCC3)C2)C1. The second-order valence-corrected chi connectivity index (χ2v) is 7.80. The van der Waals surface area contributed by atoms with Gasteiger partial charge in [-0.2, -0.15) is 0 Å². The molecular formula is C16H30N2. The zero-order chi connectivity index (χ0) is 12.6. The average Bonchev–Trinajstić information content (AvgIpc) is 2.71. The van der Waals surface area contributed by atoms with Gasteiger partial charge in [0, 0.05) is 31.2 Å². The fourth-order valence-corrected chi connectivity index (χ4v) is 4.57. The Morgan fingerprint density at radius 2 is 1.83 bits per heavy atom. The van der Waals surface area contributed by atoms with Crippen LogP contribution in [0.2, 0.25) is 0 Å². The maximum Gasteiger partial charge on any atom is 0.0309 e. The molecule has 0 aromatic carbocycles. The lowest BCUT2D eigenvalue weighted by molar-refractivity contribution is 0.0662. The van der Waals surface area contributed by atoms with E-state index in [0.717, 1.165) is 6.04 Å². The first-order valence-corrected chi connectivity index (χ1v) is 8.08. The van der Waals surface area contributed by atoms with Crippen LogP contribution in [-0.4, -0.2) is 36.1 Å². The number of nitrogens with zero attached hydrogens (tertiary/aromatic N) is 1. The van der Waals surface area contributed by atoms with Crippen molar-refractivity contribution in [1.82, 2.24) is 10.2 Å². The van der Waals surface area contributed by atoms with Crippen molar-refractivity contribution in [3.63, 3.8) is 0 Å². The van der Waals surface area contributed by atoms with Crippen molar-refractivity contribution in [3.05, 3.63) is 0 Å². The molecule has 1 saturated heterocycles. The van der Waals surface area contributed by atoms with E-state index in [4.69, 9.17) is 0 Å². The molecule has 3 fully saturated rings. The predicted octanol–water partition coefficient (Wildman–Crippen LogP) is 3.17. The van der Waals surface area contributed by atoms with Crippen LogP contribution < -0.4 is 5.32 Å². The Morgan fingerprint density at radius 3 is 2.50 bits per heavy atom. The maximum atomic E-state index is 3.87. The highest BCUT2D eigenvalue weighted by Crippen LogP contribution is 2.41. The third-order valence-electron chi connectivity index (χ3n) is 5.67. The predicted molar refractivity (Wildman–Crippen MR) is 76.8 cm³/mol. The summed E-state index contributed by atoms with van der Waals surface area (Å²) in [4.78, 5) is 2.83. The van der Waals surface area contributed by atoms with Gasteiger partial charge in [-0.15, -0.1) is 0 Å². The fraction of sp³-hybridized carbons (Fsp3) is 1.00. The van der Waals surface area contributed by atoms with E-state index in [-0.39, 0.29) is 0 Å². The van der Waals surface area contributed by atoms with Crippen LogP contribution >= 0.6 is 0 Å². The third kappa shape index (κ3) is 2.60. The molecule has 1 heterocycles. The van der Waals surface area contributed by atoms with Crippen molar-refractivity contribution in [2.24, 2.45) is 5.41 Å². The van der Waals surface area contributed by atoms with Crippen LogP contribution in [0.3, 0.4) is 0 Å². The van der Waals surface area contributed by atoms with Crippen LogP contribution in [0.4, 0.5) is 0 Å². The van der Waals surface area contributed by atoms with Crippen LogP contribution in [0.1, 0.15) is 65.2 Å². The van der Waals surface area contributed by atoms with Gasteiger partial charge in [0.25, 0.3) is 0 Å². The summed E-state index contributed by atoms with van der Waals surface area (Å²) in [5.41, 5.74) is 1.08. The summed E-state index contributed by atoms with van der Waals surface area (Å²) < 4.78 is 0. The van der Waals surface area contributed by atoms with E-state index in [0.29, 0.717) is 11.0 Å². The lowest BCUT2D eigenvalue weighted by atomic mass is 9.79. The van der Waals surface area contributed by atoms with Gasteiger partial charge in [-0.05, 0) is 37.5 Å². The van der Waals surface area contributed by atoms with Crippen LogP contribution in [0.25, 0.3) is 0 Å². The minimum absolute atomic E-state index is 0.489. The van der Waals surface area contributed by atoms with E-state index >= 15 is 0 Å². The van der Waals surface area contributed by atoms with Gasteiger partial charge in [0.1, 0.15) is 0 Å². The van der Waals surface area contributed by atoms with Crippen LogP contribution in [0.15, 0.2) is 0 Å². The summed E-state index contributed by atoms with van der Waals surface area (Å²) >= 11 is 0. The van der Waals surface area contributed by atoms with Gasteiger partial charge in [-0.1, -0.05) is 33.1 Å². The monoisotopic (exact) mass is 250 g/mol. The van der Waals surface area contributed by atoms with E-state index < -0.39 is 0 Å². The molecular weight excluding hydrogens is 220 g/mol. The first kappa shape index (κ1) is 12.9. The zero-order valence-corrected chi connectivity index (χ0v) is 12.3. The second-order valence-electron chi connectivity index (χ2n) is 7.80. The van der Waals surface area contributed by atoms with E-state index in [1.54, 1.807) is 0 Å². The second kappa shape index (κ2) is 4.79. The number of hydrogen-bond acceptors (Lipinski definition) is 2. The Balaban J connectivity index is 1.63. The Kier molecular flexibility index (Phi) is 3.44. The molecule has 0 amide bonds. The Morgan fingerprint density at radius 1 is 1.06 bits per heavy atom. The molecule has 104 valence electrons. The summed E-state index contributed by atoms with van der Waals surface area (Å²) in [5, 5.41) is 3.87. The highest BCUT2D eigenvalue weighted by atomic mass is 15.2. The van der Waals surface area contributed by atoms with E-state index in [1.807, 2.05) is 0 Å². The first-order valence-electron chi connectivity index (χ1n) is 8.08. The van der Waals surface area contributed by atoms with Gasteiger partial charge in [-0.3, -0.25) is 4.90 Å². The van der Waals surface area contributed by atoms with Gasteiger partial charge >= 0.3 is 0 Å². The summed E-state index contributed by atoms with van der Waals surface area (Å²) in [7, 11) is 0. The van der Waals surface area contributed by atoms with Crippen molar-refractivity contribution < 1.29 is 0 Å². The van der Waals surface area contributed by atoms with Crippen molar-refractivity contribution in [2.75, 3.05) is 19.6 Å². The zero-order valence-electron chi connectivity index (χ0n) is 12.3. The lowest BCUT2D eigenvalue weighted by Gasteiger charge is -2.48. The molecule has 1 unspecified atom stereocenters. The molecule has 2 nitrogen and oxygen atoms in total. The van der Waals surface area contributed by atoms with Crippen molar-refractivity contribution in [3.8, 4) is 0 Å². The van der Waals surface area contributed by atoms with Crippen molar-refractivity contribution in [1.29, 1.82) is 0 Å². The molecule has 0 radical (unpaired) electrons. The van der Waals surface area contributed by atoms with Crippen molar-refractivity contribution in [2.45, 2.75) is 76.8 Å². The summed E-state index contributed by atoms with van der Waals surface area (Å²) in [5.74, 6) is 0. The highest BCUT2D eigenvalue weighted by Gasteiger charge is 2.41. The molecule has 18 heavy (non-hydrogen) atoms. The summed E-state index contributed by atoms with van der Waals surface area (Å²) in [6, 6.07) is 0.876. The Hall–Kier alpha value is -0.0800. The molecule has 1 spiro atoms. The lowest BCUT2D eigenvalue weighted by Crippen LogP contribution is -2.62. The molecule has 1 N–H and O–H groups in total. The molecule has 3 rings (SSSR count). The van der Waals surface area contributed by atoms with Gasteiger partial charge in [-0.25, -0.2) is 0 Å². The minimum Gasteiger partial charge on any atom is -0.309 e. The number of piperazine rings is 1. The Labute approximate surface area is 113 Å². The summed E-state index contributed by atoms with van der Waals surface area (Å²) in [6.07, 6.45) is 11.5. The van der Waals surface area contributed by atoms with Crippen LogP contribution in [0.5, 0.6) is 0 Å². The molecule has 3 aliphatic rings. The molecule has 2 aliphatic carbocycles. The molecule has 0 aromatic rings. The standard InChI is InChI=1S/C16H30N2/c1-15(2)9-6-14(12-15)18-11-10-17-16(13-18)7-4-3-5-8-16/h14,17H,3-13H2,1-2H3. The smallest absolute Gasteiger partial charge is 0.0309 e. The van der Waals surface area contributed by atoms with Crippen molar-refractivity contribution >= 4 is 0 Å². The number of nitrogens with one attached hydrogen (secondary N) is 1. The van der Waals surface area contributed by atoms with Gasteiger partial charge in [0.2, 0.25) is 0 Å². The fourth-order valence-electron chi connectivity index (χ4n) is 4.57. The molecule has 0 aromatic heterocycles. The molecule has 2 saturated carbocycles. The molecule has 0 bridgehead atoms. The third-order valence-corrected chi connectivity index (χ3v) is 5.67. The normalized spacial score (nSPS) is 36.0. The van der Waals surface area contributed by atoms with E-state index in [2.05, 4.69) is 24.1 Å². The average molecular weight is 250 g/mol. The quantitative estimate of drug-likeness (QED) is 0.769. The topological polar surface area (TPSA) is 15.3 Å². The molecule has 1 atom stereocenters. The van der Waals surface area contributed by atoms with E-state index in [1.165, 1.54) is 71.0 Å². The molecule has 1 aliphatic heterocycles. The summed E-state index contributed by atoms with van der Waals surface area (Å²) in [6.45, 7) is 8.73. The maximum absolute atomic E-state index is 3.87. The van der Waals surface area contributed by atoms with E-state index in [9.17, 15) is 0 Å². The first-order chi connectivity index (χ1) is 8.59. The van der Waals surface area contributed by atoms with Gasteiger partial charge in [0.15, 0.2) is 0 Å². The van der Waals surface area contributed by atoms with Gasteiger partial charge < -0.3 is 5.32 Å². The highest BCUT2D eigenvalue weighted by molar-refractivity contribution is 4.99. The molecule has 2 heteroatoms. The van der Waals surface area contributed by atoms with Crippen LogP contribution in [0, 0.1) is 5.41 Å². The van der Waals surface area contributed by atoms with Gasteiger partial charge in [0.05, 0.1) is 0 Å². The Bertz CT molecular complexity index is 286. The minimum atomic E-state index is 0.489. The number of rotatable bonds is 1. The van der Waals surface area contributed by atoms with Crippen LogP contribution in [-0.2, 0) is 0 Å². The number of hydrogen-bond donors (Lipinski definition) is 1.